The lowest BCUT2D eigenvalue weighted by atomic mass is 9.86. The Morgan fingerprint density at radius 2 is 1.88 bits per heavy atom. The topological polar surface area (TPSA) is 12.0 Å². The Bertz CT molecular complexity index is 275. The number of nitrogens with one attached hydrogen (secondary N) is 1. The van der Waals surface area contributed by atoms with Gasteiger partial charge in [-0.3, -0.25) is 0 Å². The predicted molar refractivity (Wildman–Crippen MR) is 78.8 cm³/mol. The smallest absolute Gasteiger partial charge is 0.00916 e. The summed E-state index contributed by atoms with van der Waals surface area (Å²) in [4.78, 5) is 1.55. The summed E-state index contributed by atoms with van der Waals surface area (Å²) in [6.45, 7) is 11.4. The largest absolute Gasteiger partial charge is 0.316 e. The van der Waals surface area contributed by atoms with E-state index < -0.39 is 0 Å². The summed E-state index contributed by atoms with van der Waals surface area (Å²) in [5.41, 5.74) is 0. The molecule has 2 heteroatoms. The van der Waals surface area contributed by atoms with Crippen molar-refractivity contribution in [1.82, 2.24) is 5.32 Å². The molecular formula is C15H27NS. The first-order valence-electron chi connectivity index (χ1n) is 6.93. The van der Waals surface area contributed by atoms with Crippen molar-refractivity contribution in [2.24, 2.45) is 11.8 Å². The number of hydrogen-bond donors (Lipinski definition) is 1. The van der Waals surface area contributed by atoms with Crippen LogP contribution in [0.15, 0.2) is 17.5 Å². The summed E-state index contributed by atoms with van der Waals surface area (Å²) < 4.78 is 0. The van der Waals surface area contributed by atoms with Crippen LogP contribution in [-0.2, 0) is 0 Å². The second kappa shape index (κ2) is 7.88. The molecular weight excluding hydrogens is 226 g/mol. The fraction of sp³-hybridized carbons (Fsp3) is 0.733. The maximum atomic E-state index is 3.63. The first-order chi connectivity index (χ1) is 8.19. The van der Waals surface area contributed by atoms with Crippen LogP contribution in [0.3, 0.4) is 0 Å². The Morgan fingerprint density at radius 1 is 1.18 bits per heavy atom. The van der Waals surface area contributed by atoms with E-state index in [-0.39, 0.29) is 0 Å². The monoisotopic (exact) mass is 253 g/mol. The summed E-state index contributed by atoms with van der Waals surface area (Å²) in [6, 6.07) is 4.47. The second-order valence-electron chi connectivity index (χ2n) is 5.25. The van der Waals surface area contributed by atoms with Gasteiger partial charge in [-0.25, -0.2) is 0 Å². The van der Waals surface area contributed by atoms with Gasteiger partial charge in [-0.15, -0.1) is 11.3 Å². The third-order valence-electron chi connectivity index (χ3n) is 3.44. The standard InChI is InChI=1S/C15H27NS/c1-5-13(6-2)14(11-16-10-12(3)4)15-8-7-9-17-15/h7-9,12-14,16H,5-6,10-11H2,1-4H3. The van der Waals surface area contributed by atoms with Gasteiger partial charge in [0.2, 0.25) is 0 Å². The van der Waals surface area contributed by atoms with Crippen LogP contribution in [0.5, 0.6) is 0 Å². The van der Waals surface area contributed by atoms with Crippen molar-refractivity contribution >= 4 is 11.3 Å². The highest BCUT2D eigenvalue weighted by Crippen LogP contribution is 2.31. The molecule has 1 nitrogen and oxygen atoms in total. The third-order valence-corrected chi connectivity index (χ3v) is 4.45. The molecule has 1 atom stereocenters. The van der Waals surface area contributed by atoms with Gasteiger partial charge in [0.1, 0.15) is 0 Å². The summed E-state index contributed by atoms with van der Waals surface area (Å²) in [5.74, 6) is 2.25. The second-order valence-corrected chi connectivity index (χ2v) is 6.23. The average molecular weight is 253 g/mol. The Morgan fingerprint density at radius 3 is 2.35 bits per heavy atom. The predicted octanol–water partition coefficient (Wildman–Crippen LogP) is 4.51. The maximum absolute atomic E-state index is 3.63. The van der Waals surface area contributed by atoms with E-state index in [1.807, 2.05) is 11.3 Å². The van der Waals surface area contributed by atoms with Gasteiger partial charge < -0.3 is 5.32 Å². The van der Waals surface area contributed by atoms with E-state index in [9.17, 15) is 0 Å². The Labute approximate surface area is 111 Å². The van der Waals surface area contributed by atoms with Gasteiger partial charge in [-0.1, -0.05) is 46.6 Å². The maximum Gasteiger partial charge on any atom is 0.00916 e. The molecule has 0 radical (unpaired) electrons. The Kier molecular flexibility index (Phi) is 6.83. The average Bonchev–Trinajstić information content (AvgIpc) is 2.81. The van der Waals surface area contributed by atoms with E-state index in [2.05, 4.69) is 50.5 Å². The minimum absolute atomic E-state index is 0.698. The lowest BCUT2D eigenvalue weighted by molar-refractivity contribution is 0.377. The molecule has 0 aromatic carbocycles. The molecule has 0 saturated heterocycles. The minimum atomic E-state index is 0.698. The molecule has 0 saturated carbocycles. The van der Waals surface area contributed by atoms with Crippen molar-refractivity contribution < 1.29 is 0 Å². The van der Waals surface area contributed by atoms with E-state index in [1.165, 1.54) is 12.8 Å². The Hall–Kier alpha value is -0.340. The molecule has 1 aromatic rings. The van der Waals surface area contributed by atoms with E-state index >= 15 is 0 Å². The van der Waals surface area contributed by atoms with Crippen molar-refractivity contribution in [2.45, 2.75) is 46.5 Å². The molecule has 0 aliphatic rings. The molecule has 0 aliphatic heterocycles. The molecule has 1 unspecified atom stereocenters. The summed E-state index contributed by atoms with van der Waals surface area (Å²) in [5, 5.41) is 5.83. The third kappa shape index (κ3) is 4.81. The van der Waals surface area contributed by atoms with E-state index in [0.29, 0.717) is 5.92 Å². The Balaban J connectivity index is 2.59. The summed E-state index contributed by atoms with van der Waals surface area (Å²) in [6.07, 6.45) is 2.56. The minimum Gasteiger partial charge on any atom is -0.316 e. The number of thiophene rings is 1. The lowest BCUT2D eigenvalue weighted by Crippen LogP contribution is -2.28. The van der Waals surface area contributed by atoms with E-state index in [4.69, 9.17) is 0 Å². The number of hydrogen-bond acceptors (Lipinski definition) is 2. The normalized spacial score (nSPS) is 13.5. The van der Waals surface area contributed by atoms with Crippen LogP contribution in [0.1, 0.15) is 51.3 Å². The number of rotatable bonds is 8. The highest BCUT2D eigenvalue weighted by atomic mass is 32.1. The molecule has 98 valence electrons. The zero-order valence-electron chi connectivity index (χ0n) is 11.7. The SMILES string of the molecule is CCC(CC)C(CNCC(C)C)c1cccs1. The molecule has 17 heavy (non-hydrogen) atoms. The first-order valence-corrected chi connectivity index (χ1v) is 7.81. The molecule has 1 rings (SSSR count). The van der Waals surface area contributed by atoms with Crippen LogP contribution in [0.25, 0.3) is 0 Å². The van der Waals surface area contributed by atoms with Gasteiger partial charge >= 0.3 is 0 Å². The molecule has 0 amide bonds. The van der Waals surface area contributed by atoms with Crippen LogP contribution in [0.2, 0.25) is 0 Å². The van der Waals surface area contributed by atoms with Crippen LogP contribution in [0, 0.1) is 11.8 Å². The van der Waals surface area contributed by atoms with Gasteiger partial charge in [0, 0.05) is 17.3 Å². The van der Waals surface area contributed by atoms with Gasteiger partial charge in [-0.2, -0.15) is 0 Å². The molecule has 0 spiro atoms. The highest BCUT2D eigenvalue weighted by Gasteiger charge is 2.20. The zero-order valence-corrected chi connectivity index (χ0v) is 12.5. The molecule has 1 N–H and O–H groups in total. The van der Waals surface area contributed by atoms with Gasteiger partial charge in [0.05, 0.1) is 0 Å². The summed E-state index contributed by atoms with van der Waals surface area (Å²) in [7, 11) is 0. The fourth-order valence-corrected chi connectivity index (χ4v) is 3.31. The van der Waals surface area contributed by atoms with Crippen molar-refractivity contribution in [1.29, 1.82) is 0 Å². The molecule has 1 aromatic heterocycles. The molecule has 0 bridgehead atoms. The molecule has 0 fully saturated rings. The van der Waals surface area contributed by atoms with Crippen molar-refractivity contribution in [3.05, 3.63) is 22.4 Å². The van der Waals surface area contributed by atoms with Gasteiger partial charge in [0.15, 0.2) is 0 Å². The van der Waals surface area contributed by atoms with E-state index in [1.54, 1.807) is 4.88 Å². The molecule has 1 heterocycles. The first kappa shape index (κ1) is 14.7. The fourth-order valence-electron chi connectivity index (χ4n) is 2.39. The van der Waals surface area contributed by atoms with Crippen LogP contribution in [-0.4, -0.2) is 13.1 Å². The van der Waals surface area contributed by atoms with Gasteiger partial charge in [-0.05, 0) is 29.8 Å². The van der Waals surface area contributed by atoms with Crippen molar-refractivity contribution in [3.8, 4) is 0 Å². The van der Waals surface area contributed by atoms with Crippen LogP contribution >= 0.6 is 11.3 Å². The van der Waals surface area contributed by atoms with Crippen LogP contribution < -0.4 is 5.32 Å². The summed E-state index contributed by atoms with van der Waals surface area (Å²) >= 11 is 1.91. The zero-order chi connectivity index (χ0) is 12.7. The van der Waals surface area contributed by atoms with Gasteiger partial charge in [0.25, 0.3) is 0 Å². The van der Waals surface area contributed by atoms with Crippen molar-refractivity contribution in [3.63, 3.8) is 0 Å². The van der Waals surface area contributed by atoms with Crippen LogP contribution in [0.4, 0.5) is 0 Å². The van der Waals surface area contributed by atoms with Crippen molar-refractivity contribution in [2.75, 3.05) is 13.1 Å². The molecule has 0 aliphatic carbocycles. The lowest BCUT2D eigenvalue weighted by Gasteiger charge is -2.25. The van der Waals surface area contributed by atoms with E-state index in [0.717, 1.165) is 24.9 Å². The quantitative estimate of drug-likeness (QED) is 0.718. The highest BCUT2D eigenvalue weighted by molar-refractivity contribution is 7.10.